The lowest BCUT2D eigenvalue weighted by atomic mass is 10.1. The van der Waals surface area contributed by atoms with Gasteiger partial charge in [0, 0.05) is 17.5 Å². The molecule has 1 heterocycles. The second-order valence-electron chi connectivity index (χ2n) is 4.83. The Hall–Kier alpha value is -1.52. The Morgan fingerprint density at radius 2 is 1.90 bits per heavy atom. The summed E-state index contributed by atoms with van der Waals surface area (Å²) in [6.07, 6.45) is 2.33. The van der Waals surface area contributed by atoms with E-state index in [1.165, 1.54) is 11.3 Å². The van der Waals surface area contributed by atoms with Crippen LogP contribution in [0.2, 0.25) is 0 Å². The minimum absolute atomic E-state index is 0.439. The number of benzene rings is 1. The van der Waals surface area contributed by atoms with Crippen LogP contribution < -0.4 is 14.8 Å². The Balaban J connectivity index is 1.74. The van der Waals surface area contributed by atoms with Crippen molar-refractivity contribution >= 4 is 11.3 Å². The van der Waals surface area contributed by atoms with Crippen LogP contribution in [0.4, 0.5) is 0 Å². The highest BCUT2D eigenvalue weighted by Crippen LogP contribution is 2.23. The molecule has 0 saturated heterocycles. The monoisotopic (exact) mass is 305 g/mol. The quantitative estimate of drug-likeness (QED) is 0.702. The SMILES string of the molecule is CCCC(NCCOc1ccc(OC)cc1)c1cccs1. The maximum Gasteiger partial charge on any atom is 0.119 e. The largest absolute Gasteiger partial charge is 0.497 e. The third-order valence-corrected chi connectivity index (χ3v) is 4.27. The van der Waals surface area contributed by atoms with Crippen molar-refractivity contribution in [3.63, 3.8) is 0 Å². The van der Waals surface area contributed by atoms with Gasteiger partial charge in [-0.3, -0.25) is 0 Å². The molecule has 0 amide bonds. The molecular weight excluding hydrogens is 282 g/mol. The highest BCUT2D eigenvalue weighted by Gasteiger charge is 2.10. The third kappa shape index (κ3) is 5.06. The van der Waals surface area contributed by atoms with Crippen molar-refractivity contribution in [1.29, 1.82) is 0 Å². The molecule has 2 aromatic rings. The summed E-state index contributed by atoms with van der Waals surface area (Å²) in [4.78, 5) is 1.40. The fourth-order valence-corrected chi connectivity index (χ4v) is 3.03. The van der Waals surface area contributed by atoms with E-state index in [0.29, 0.717) is 12.6 Å². The lowest BCUT2D eigenvalue weighted by molar-refractivity contribution is 0.303. The number of hydrogen-bond acceptors (Lipinski definition) is 4. The van der Waals surface area contributed by atoms with Crippen LogP contribution in [0.25, 0.3) is 0 Å². The van der Waals surface area contributed by atoms with E-state index in [0.717, 1.165) is 24.5 Å². The highest BCUT2D eigenvalue weighted by atomic mass is 32.1. The summed E-state index contributed by atoms with van der Waals surface area (Å²) in [6.45, 7) is 3.72. The topological polar surface area (TPSA) is 30.5 Å². The standard InChI is InChI=1S/C17H23NO2S/c1-3-5-16(17-6-4-13-21-17)18-11-12-20-15-9-7-14(19-2)8-10-15/h4,6-10,13,16,18H,3,5,11-12H2,1-2H3. The first-order chi connectivity index (χ1) is 10.3. The molecule has 3 nitrogen and oxygen atoms in total. The lowest BCUT2D eigenvalue weighted by Crippen LogP contribution is -2.25. The van der Waals surface area contributed by atoms with Crippen LogP contribution in [0.1, 0.15) is 30.7 Å². The zero-order valence-electron chi connectivity index (χ0n) is 12.7. The van der Waals surface area contributed by atoms with Crippen LogP contribution in [-0.2, 0) is 0 Å². The van der Waals surface area contributed by atoms with Crippen molar-refractivity contribution in [3.8, 4) is 11.5 Å². The maximum atomic E-state index is 5.74. The highest BCUT2D eigenvalue weighted by molar-refractivity contribution is 7.10. The average molecular weight is 305 g/mol. The van der Waals surface area contributed by atoms with Gasteiger partial charge in [-0.2, -0.15) is 0 Å². The summed E-state index contributed by atoms with van der Waals surface area (Å²) in [5, 5.41) is 5.71. The van der Waals surface area contributed by atoms with Gasteiger partial charge in [0.25, 0.3) is 0 Å². The summed E-state index contributed by atoms with van der Waals surface area (Å²) < 4.78 is 10.9. The Labute approximate surface area is 130 Å². The van der Waals surface area contributed by atoms with E-state index < -0.39 is 0 Å². The van der Waals surface area contributed by atoms with Gasteiger partial charge in [-0.1, -0.05) is 19.4 Å². The van der Waals surface area contributed by atoms with E-state index in [4.69, 9.17) is 9.47 Å². The van der Waals surface area contributed by atoms with E-state index in [1.54, 1.807) is 7.11 Å². The van der Waals surface area contributed by atoms with Crippen LogP contribution in [-0.4, -0.2) is 20.3 Å². The first kappa shape index (κ1) is 15.9. The van der Waals surface area contributed by atoms with Gasteiger partial charge in [-0.15, -0.1) is 11.3 Å². The smallest absolute Gasteiger partial charge is 0.119 e. The molecule has 0 aliphatic heterocycles. The molecule has 21 heavy (non-hydrogen) atoms. The predicted octanol–water partition coefficient (Wildman–Crippen LogP) is 4.27. The van der Waals surface area contributed by atoms with Crippen molar-refractivity contribution in [2.24, 2.45) is 0 Å². The summed E-state index contributed by atoms with van der Waals surface area (Å²) in [6, 6.07) is 12.4. The van der Waals surface area contributed by atoms with Crippen molar-refractivity contribution < 1.29 is 9.47 Å². The van der Waals surface area contributed by atoms with E-state index >= 15 is 0 Å². The Bertz CT molecular complexity index is 496. The molecule has 114 valence electrons. The van der Waals surface area contributed by atoms with Gasteiger partial charge in [0.1, 0.15) is 18.1 Å². The van der Waals surface area contributed by atoms with E-state index in [2.05, 4.69) is 29.8 Å². The van der Waals surface area contributed by atoms with Crippen molar-refractivity contribution in [2.45, 2.75) is 25.8 Å². The zero-order valence-corrected chi connectivity index (χ0v) is 13.5. The second-order valence-corrected chi connectivity index (χ2v) is 5.81. The van der Waals surface area contributed by atoms with Crippen LogP contribution in [0, 0.1) is 0 Å². The van der Waals surface area contributed by atoms with Crippen molar-refractivity contribution in [2.75, 3.05) is 20.3 Å². The molecule has 4 heteroatoms. The number of hydrogen-bond donors (Lipinski definition) is 1. The first-order valence-electron chi connectivity index (χ1n) is 7.37. The Kier molecular flexibility index (Phi) is 6.57. The number of thiophene rings is 1. The van der Waals surface area contributed by atoms with Gasteiger partial charge >= 0.3 is 0 Å². The van der Waals surface area contributed by atoms with Crippen molar-refractivity contribution in [3.05, 3.63) is 46.7 Å². The molecule has 1 atom stereocenters. The average Bonchev–Trinajstić information content (AvgIpc) is 3.05. The van der Waals surface area contributed by atoms with Gasteiger partial charge in [-0.05, 0) is 42.1 Å². The minimum Gasteiger partial charge on any atom is -0.497 e. The van der Waals surface area contributed by atoms with Crippen LogP contribution in [0.5, 0.6) is 11.5 Å². The number of nitrogens with one attached hydrogen (secondary N) is 1. The van der Waals surface area contributed by atoms with E-state index in [1.807, 2.05) is 35.6 Å². The van der Waals surface area contributed by atoms with Gasteiger partial charge < -0.3 is 14.8 Å². The minimum atomic E-state index is 0.439. The normalized spacial score (nSPS) is 12.1. The Morgan fingerprint density at radius 1 is 1.14 bits per heavy atom. The molecule has 1 aromatic heterocycles. The van der Waals surface area contributed by atoms with Crippen molar-refractivity contribution in [1.82, 2.24) is 5.32 Å². The zero-order chi connectivity index (χ0) is 14.9. The summed E-state index contributed by atoms with van der Waals surface area (Å²) >= 11 is 1.81. The lowest BCUT2D eigenvalue weighted by Gasteiger charge is -2.17. The molecule has 0 aliphatic rings. The van der Waals surface area contributed by atoms with E-state index in [9.17, 15) is 0 Å². The fraction of sp³-hybridized carbons (Fsp3) is 0.412. The molecule has 2 rings (SSSR count). The predicted molar refractivity (Wildman–Crippen MR) is 88.5 cm³/mol. The Morgan fingerprint density at radius 3 is 2.52 bits per heavy atom. The van der Waals surface area contributed by atoms with Gasteiger partial charge in [0.05, 0.1) is 7.11 Å². The van der Waals surface area contributed by atoms with E-state index in [-0.39, 0.29) is 0 Å². The van der Waals surface area contributed by atoms with Gasteiger partial charge in [0.2, 0.25) is 0 Å². The molecule has 1 aromatic carbocycles. The summed E-state index contributed by atoms with van der Waals surface area (Å²) in [5.41, 5.74) is 0. The number of methoxy groups -OCH3 is 1. The van der Waals surface area contributed by atoms with Crippen LogP contribution in [0.15, 0.2) is 41.8 Å². The molecule has 0 spiro atoms. The second kappa shape index (κ2) is 8.70. The molecule has 0 fully saturated rings. The number of rotatable bonds is 9. The molecular formula is C17H23NO2S. The first-order valence-corrected chi connectivity index (χ1v) is 8.25. The van der Waals surface area contributed by atoms with Crippen LogP contribution in [0.3, 0.4) is 0 Å². The molecule has 1 N–H and O–H groups in total. The van der Waals surface area contributed by atoms with Gasteiger partial charge in [-0.25, -0.2) is 0 Å². The molecule has 0 radical (unpaired) electrons. The number of ether oxygens (including phenoxy) is 2. The summed E-state index contributed by atoms with van der Waals surface area (Å²) in [5.74, 6) is 1.72. The van der Waals surface area contributed by atoms with Gasteiger partial charge in [0.15, 0.2) is 0 Å². The fourth-order valence-electron chi connectivity index (χ4n) is 2.20. The molecule has 1 unspecified atom stereocenters. The third-order valence-electron chi connectivity index (χ3n) is 3.28. The summed E-state index contributed by atoms with van der Waals surface area (Å²) in [7, 11) is 1.66. The molecule has 0 aliphatic carbocycles. The maximum absolute atomic E-state index is 5.74. The molecule has 0 saturated carbocycles. The van der Waals surface area contributed by atoms with Crippen LogP contribution >= 0.6 is 11.3 Å². The molecule has 0 bridgehead atoms.